The predicted octanol–water partition coefficient (Wildman–Crippen LogP) is 0.713. The first kappa shape index (κ1) is 20.2. The van der Waals surface area contributed by atoms with Crippen LogP contribution in [0.5, 0.6) is 0 Å². The van der Waals surface area contributed by atoms with Crippen LogP contribution in [-0.2, 0) is 19.1 Å². The number of halogens is 1. The molecule has 3 N–H and O–H groups in total. The van der Waals surface area contributed by atoms with E-state index in [0.717, 1.165) is 19.3 Å². The molecule has 0 aromatic heterocycles. The van der Waals surface area contributed by atoms with Gasteiger partial charge in [0, 0.05) is 18.8 Å². The highest BCUT2D eigenvalue weighted by atomic mass is 19.1. The van der Waals surface area contributed by atoms with E-state index >= 15 is 0 Å². The molecule has 28 heavy (non-hydrogen) atoms. The van der Waals surface area contributed by atoms with Gasteiger partial charge in [-0.25, -0.2) is 4.39 Å². The summed E-state index contributed by atoms with van der Waals surface area (Å²) in [5.41, 5.74) is 5.73. The lowest BCUT2D eigenvalue weighted by atomic mass is 9.85. The maximum atomic E-state index is 14.5. The average molecular weight is 392 g/mol. The van der Waals surface area contributed by atoms with Gasteiger partial charge in [0.05, 0.1) is 12.3 Å². The number of anilines is 2. The van der Waals surface area contributed by atoms with Crippen molar-refractivity contribution in [3.8, 4) is 0 Å². The summed E-state index contributed by atoms with van der Waals surface area (Å²) >= 11 is 0. The molecule has 2 fully saturated rings. The molecule has 1 aromatic carbocycles. The number of nitrogens with one attached hydrogen (secondary N) is 1. The zero-order valence-corrected chi connectivity index (χ0v) is 15.8. The zero-order valence-electron chi connectivity index (χ0n) is 15.8. The number of benzene rings is 1. The van der Waals surface area contributed by atoms with Crippen LogP contribution in [0, 0.1) is 11.7 Å². The van der Waals surface area contributed by atoms with Crippen LogP contribution in [0.25, 0.3) is 0 Å². The SMILES string of the molecule is CN(CC1CCC1)[C@H](C(N)=O)C(=O)Nc1ccc(N2CCOCC2=O)cc1F. The highest BCUT2D eigenvalue weighted by molar-refractivity contribution is 6.09. The summed E-state index contributed by atoms with van der Waals surface area (Å²) in [4.78, 5) is 39.3. The van der Waals surface area contributed by atoms with Crippen LogP contribution in [0.3, 0.4) is 0 Å². The first-order valence-electron chi connectivity index (χ1n) is 9.35. The Hall–Kier alpha value is -2.52. The molecule has 152 valence electrons. The number of hydrogen-bond donors (Lipinski definition) is 2. The molecule has 1 saturated carbocycles. The Balaban J connectivity index is 1.69. The molecule has 8 nitrogen and oxygen atoms in total. The molecule has 1 saturated heterocycles. The number of carbonyl (C=O) groups is 3. The highest BCUT2D eigenvalue weighted by Crippen LogP contribution is 2.28. The average Bonchev–Trinajstić information content (AvgIpc) is 2.60. The smallest absolute Gasteiger partial charge is 0.253 e. The van der Waals surface area contributed by atoms with Crippen LogP contribution >= 0.6 is 0 Å². The van der Waals surface area contributed by atoms with E-state index in [4.69, 9.17) is 10.5 Å². The molecule has 3 rings (SSSR count). The molecular formula is C19H25FN4O4. The van der Waals surface area contributed by atoms with Gasteiger partial charge in [0.2, 0.25) is 5.91 Å². The number of ether oxygens (including phenoxy) is 1. The molecule has 2 aliphatic rings. The summed E-state index contributed by atoms with van der Waals surface area (Å²) in [7, 11) is 1.66. The van der Waals surface area contributed by atoms with Gasteiger partial charge in [0.1, 0.15) is 12.4 Å². The number of morpholine rings is 1. The number of hydrogen-bond acceptors (Lipinski definition) is 5. The fraction of sp³-hybridized carbons (Fsp3) is 0.526. The maximum Gasteiger partial charge on any atom is 0.253 e. The lowest BCUT2D eigenvalue weighted by Gasteiger charge is -2.33. The molecular weight excluding hydrogens is 367 g/mol. The monoisotopic (exact) mass is 392 g/mol. The maximum absolute atomic E-state index is 14.5. The summed E-state index contributed by atoms with van der Waals surface area (Å²) in [6, 6.07) is 2.91. The van der Waals surface area contributed by atoms with E-state index in [1.165, 1.54) is 17.0 Å². The minimum Gasteiger partial charge on any atom is -0.370 e. The van der Waals surface area contributed by atoms with Crippen LogP contribution in [0.15, 0.2) is 18.2 Å². The Morgan fingerprint density at radius 1 is 1.43 bits per heavy atom. The summed E-state index contributed by atoms with van der Waals surface area (Å²) in [5.74, 6) is -1.97. The van der Waals surface area contributed by atoms with Crippen LogP contribution in [0.4, 0.5) is 15.8 Å². The first-order valence-corrected chi connectivity index (χ1v) is 9.35. The Morgan fingerprint density at radius 2 is 2.18 bits per heavy atom. The van der Waals surface area contributed by atoms with Crippen LogP contribution in [0.1, 0.15) is 19.3 Å². The molecule has 1 aliphatic carbocycles. The van der Waals surface area contributed by atoms with Crippen molar-refractivity contribution in [3.05, 3.63) is 24.0 Å². The van der Waals surface area contributed by atoms with Crippen LogP contribution in [0.2, 0.25) is 0 Å². The third-order valence-electron chi connectivity index (χ3n) is 5.24. The van der Waals surface area contributed by atoms with Gasteiger partial charge in [-0.15, -0.1) is 0 Å². The Labute approximate surface area is 162 Å². The molecule has 1 aliphatic heterocycles. The van der Waals surface area contributed by atoms with E-state index in [1.54, 1.807) is 18.0 Å². The summed E-state index contributed by atoms with van der Waals surface area (Å²) < 4.78 is 19.6. The number of nitrogens with zero attached hydrogens (tertiary/aromatic N) is 2. The molecule has 0 bridgehead atoms. The quantitative estimate of drug-likeness (QED) is 0.665. The highest BCUT2D eigenvalue weighted by Gasteiger charge is 2.32. The fourth-order valence-electron chi connectivity index (χ4n) is 3.50. The van der Waals surface area contributed by atoms with Gasteiger partial charge in [-0.05, 0) is 44.0 Å². The molecule has 0 unspecified atom stereocenters. The largest absolute Gasteiger partial charge is 0.370 e. The minimum absolute atomic E-state index is 0.0479. The van der Waals surface area contributed by atoms with Crippen LogP contribution < -0.4 is 16.0 Å². The summed E-state index contributed by atoms with van der Waals surface area (Å²) in [6.07, 6.45) is 3.27. The van der Waals surface area contributed by atoms with Gasteiger partial charge in [0.25, 0.3) is 11.8 Å². The van der Waals surface area contributed by atoms with Gasteiger partial charge in [-0.1, -0.05) is 6.42 Å². The predicted molar refractivity (Wildman–Crippen MR) is 101 cm³/mol. The lowest BCUT2D eigenvalue weighted by Crippen LogP contribution is -2.52. The fourth-order valence-corrected chi connectivity index (χ4v) is 3.50. The lowest BCUT2D eigenvalue weighted by molar-refractivity contribution is -0.132. The van der Waals surface area contributed by atoms with Gasteiger partial charge < -0.3 is 20.7 Å². The Morgan fingerprint density at radius 3 is 2.75 bits per heavy atom. The standard InChI is InChI=1S/C19H25FN4O4/c1-23(10-12-3-2-4-12)17(18(21)26)19(27)22-15-6-5-13(9-14(15)20)24-7-8-28-11-16(24)25/h5-6,9,12,17H,2-4,7-8,10-11H2,1H3,(H2,21,26)(H,22,27)/t17-/m1/s1. The van der Waals surface area contributed by atoms with Crippen molar-refractivity contribution < 1.29 is 23.5 Å². The van der Waals surface area contributed by atoms with Crippen LogP contribution in [-0.4, -0.2) is 62.0 Å². The van der Waals surface area contributed by atoms with Crippen molar-refractivity contribution in [2.24, 2.45) is 11.7 Å². The van der Waals surface area contributed by atoms with Gasteiger partial charge >= 0.3 is 0 Å². The van der Waals surface area contributed by atoms with E-state index < -0.39 is 23.7 Å². The second-order valence-corrected chi connectivity index (χ2v) is 7.29. The van der Waals surface area contributed by atoms with Gasteiger partial charge in [-0.3, -0.25) is 19.3 Å². The molecule has 3 amide bonds. The Kier molecular flexibility index (Phi) is 6.25. The molecule has 0 radical (unpaired) electrons. The third-order valence-corrected chi connectivity index (χ3v) is 5.24. The third kappa shape index (κ3) is 4.48. The van der Waals surface area contributed by atoms with Crippen molar-refractivity contribution >= 4 is 29.1 Å². The number of primary amides is 1. The first-order chi connectivity index (χ1) is 13.4. The van der Waals surface area contributed by atoms with E-state index in [-0.39, 0.29) is 18.2 Å². The number of likely N-dealkylation sites (N-methyl/N-ethyl adjacent to an activating group) is 1. The van der Waals surface area contributed by atoms with Gasteiger partial charge in [0.15, 0.2) is 6.04 Å². The molecule has 1 aromatic rings. The number of amides is 3. The summed E-state index contributed by atoms with van der Waals surface area (Å²) in [6.45, 7) is 1.24. The van der Waals surface area contributed by atoms with Crippen molar-refractivity contribution in [3.63, 3.8) is 0 Å². The van der Waals surface area contributed by atoms with E-state index in [1.807, 2.05) is 0 Å². The second-order valence-electron chi connectivity index (χ2n) is 7.29. The zero-order chi connectivity index (χ0) is 20.3. The van der Waals surface area contributed by atoms with Crippen molar-refractivity contribution in [1.29, 1.82) is 0 Å². The second kappa shape index (κ2) is 8.66. The van der Waals surface area contributed by atoms with E-state index in [0.29, 0.717) is 31.3 Å². The van der Waals surface area contributed by atoms with Crippen molar-refractivity contribution in [2.45, 2.75) is 25.3 Å². The van der Waals surface area contributed by atoms with Crippen molar-refractivity contribution in [1.82, 2.24) is 4.90 Å². The minimum atomic E-state index is -1.18. The Bertz CT molecular complexity index is 768. The number of nitrogens with two attached hydrogens (primary N) is 1. The number of carbonyl (C=O) groups excluding carboxylic acids is 3. The topological polar surface area (TPSA) is 105 Å². The molecule has 0 spiro atoms. The summed E-state index contributed by atoms with van der Waals surface area (Å²) in [5, 5.41) is 2.44. The van der Waals surface area contributed by atoms with E-state index in [9.17, 15) is 18.8 Å². The van der Waals surface area contributed by atoms with Crippen molar-refractivity contribution in [2.75, 3.05) is 43.6 Å². The molecule has 1 heterocycles. The normalized spacial score (nSPS) is 18.7. The van der Waals surface area contributed by atoms with Gasteiger partial charge in [-0.2, -0.15) is 0 Å². The number of rotatable bonds is 7. The molecule has 1 atom stereocenters. The molecule has 9 heteroatoms. The van der Waals surface area contributed by atoms with E-state index in [2.05, 4.69) is 5.32 Å².